The molecule has 0 bridgehead atoms. The van der Waals surface area contributed by atoms with E-state index in [1.165, 1.54) is 11.2 Å². The SMILES string of the molecule is CC(c1ccc(-n2cncn2)cc1)N(C)c1nc(N(C)C)cc(C(F)(F)F)n1. The lowest BCUT2D eigenvalue weighted by Gasteiger charge is -2.27. The van der Waals surface area contributed by atoms with Gasteiger partial charge in [0.2, 0.25) is 5.95 Å². The summed E-state index contributed by atoms with van der Waals surface area (Å²) in [7, 11) is 4.95. The van der Waals surface area contributed by atoms with Crippen molar-refractivity contribution in [1.29, 1.82) is 0 Å². The minimum atomic E-state index is -4.55. The molecular weight excluding hydrogens is 371 g/mol. The van der Waals surface area contributed by atoms with Gasteiger partial charge in [-0.3, -0.25) is 0 Å². The number of alkyl halides is 3. The largest absolute Gasteiger partial charge is 0.433 e. The Kier molecular flexibility index (Phi) is 5.21. The fourth-order valence-electron chi connectivity index (χ4n) is 2.60. The zero-order valence-corrected chi connectivity index (χ0v) is 15.9. The van der Waals surface area contributed by atoms with Gasteiger partial charge in [-0.1, -0.05) is 12.1 Å². The predicted molar refractivity (Wildman–Crippen MR) is 99.5 cm³/mol. The molecule has 1 unspecified atom stereocenters. The third-order valence-electron chi connectivity index (χ3n) is 4.40. The first-order valence-corrected chi connectivity index (χ1v) is 8.48. The molecule has 0 aliphatic rings. The Balaban J connectivity index is 1.90. The summed E-state index contributed by atoms with van der Waals surface area (Å²) in [5.74, 6) is 0.198. The van der Waals surface area contributed by atoms with Gasteiger partial charge in [-0.15, -0.1) is 0 Å². The van der Waals surface area contributed by atoms with E-state index in [-0.39, 0.29) is 17.8 Å². The van der Waals surface area contributed by atoms with Gasteiger partial charge in [0, 0.05) is 27.2 Å². The second-order valence-electron chi connectivity index (χ2n) is 6.52. The molecule has 2 aromatic heterocycles. The lowest BCUT2D eigenvalue weighted by Crippen LogP contribution is -2.26. The van der Waals surface area contributed by atoms with Crippen molar-refractivity contribution in [3.05, 3.63) is 54.2 Å². The number of halogens is 3. The first-order chi connectivity index (χ1) is 13.2. The highest BCUT2D eigenvalue weighted by molar-refractivity contribution is 5.47. The molecule has 0 aliphatic carbocycles. The van der Waals surface area contributed by atoms with Crippen LogP contribution in [-0.2, 0) is 6.18 Å². The molecule has 0 saturated carbocycles. The predicted octanol–water partition coefficient (Wildman–Crippen LogP) is 3.34. The molecule has 28 heavy (non-hydrogen) atoms. The normalized spacial score (nSPS) is 12.7. The Bertz CT molecular complexity index is 921. The van der Waals surface area contributed by atoms with E-state index in [0.717, 1.165) is 17.3 Å². The Morgan fingerprint density at radius 1 is 1.04 bits per heavy atom. The fraction of sp³-hybridized carbons (Fsp3) is 0.333. The molecule has 1 aromatic carbocycles. The van der Waals surface area contributed by atoms with Crippen molar-refractivity contribution in [2.45, 2.75) is 19.1 Å². The maximum absolute atomic E-state index is 13.2. The molecule has 7 nitrogen and oxygen atoms in total. The maximum atomic E-state index is 13.2. The summed E-state index contributed by atoms with van der Waals surface area (Å²) in [6, 6.07) is 8.20. The van der Waals surface area contributed by atoms with E-state index in [0.29, 0.717) is 0 Å². The number of nitrogens with zero attached hydrogens (tertiary/aromatic N) is 7. The minimum Gasteiger partial charge on any atom is -0.363 e. The quantitative estimate of drug-likeness (QED) is 0.665. The van der Waals surface area contributed by atoms with Gasteiger partial charge in [0.1, 0.15) is 18.5 Å². The summed E-state index contributed by atoms with van der Waals surface area (Å²) >= 11 is 0. The number of rotatable bonds is 5. The van der Waals surface area contributed by atoms with Crippen LogP contribution in [0.1, 0.15) is 24.2 Å². The standard InChI is InChI=1S/C18H20F3N7/c1-12(13-5-7-14(8-6-13)28-11-22-10-23-28)27(4)17-24-15(18(19,20)21)9-16(25-17)26(2)3/h5-12H,1-4H3. The first kappa shape index (κ1) is 19.6. The molecule has 2 heterocycles. The van der Waals surface area contributed by atoms with Gasteiger partial charge in [0.25, 0.3) is 0 Å². The van der Waals surface area contributed by atoms with Crippen LogP contribution in [0, 0.1) is 0 Å². The molecule has 3 aromatic rings. The zero-order chi connectivity index (χ0) is 20.5. The highest BCUT2D eigenvalue weighted by Gasteiger charge is 2.34. The molecule has 148 valence electrons. The highest BCUT2D eigenvalue weighted by Crippen LogP contribution is 2.32. The van der Waals surface area contributed by atoms with Crippen LogP contribution in [0.2, 0.25) is 0 Å². The number of aromatic nitrogens is 5. The number of hydrogen-bond donors (Lipinski definition) is 0. The van der Waals surface area contributed by atoms with Gasteiger partial charge in [-0.25, -0.2) is 14.6 Å². The van der Waals surface area contributed by atoms with Gasteiger partial charge in [0.05, 0.1) is 11.7 Å². The lowest BCUT2D eigenvalue weighted by molar-refractivity contribution is -0.141. The van der Waals surface area contributed by atoms with Crippen LogP contribution in [0.25, 0.3) is 5.69 Å². The van der Waals surface area contributed by atoms with E-state index < -0.39 is 11.9 Å². The maximum Gasteiger partial charge on any atom is 0.433 e. The van der Waals surface area contributed by atoms with E-state index in [9.17, 15) is 13.2 Å². The van der Waals surface area contributed by atoms with Crippen molar-refractivity contribution < 1.29 is 13.2 Å². The van der Waals surface area contributed by atoms with E-state index in [1.807, 2.05) is 31.2 Å². The van der Waals surface area contributed by atoms with Gasteiger partial charge < -0.3 is 9.80 Å². The molecule has 0 N–H and O–H groups in total. The minimum absolute atomic E-state index is 0.00591. The second-order valence-corrected chi connectivity index (χ2v) is 6.52. The van der Waals surface area contributed by atoms with Crippen LogP contribution >= 0.6 is 0 Å². The third-order valence-corrected chi connectivity index (χ3v) is 4.40. The van der Waals surface area contributed by atoms with Crippen LogP contribution in [0.15, 0.2) is 43.0 Å². The summed E-state index contributed by atoms with van der Waals surface area (Å²) < 4.78 is 41.3. The highest BCUT2D eigenvalue weighted by atomic mass is 19.4. The van der Waals surface area contributed by atoms with Crippen LogP contribution in [0.4, 0.5) is 24.9 Å². The summed E-state index contributed by atoms with van der Waals surface area (Å²) in [5.41, 5.74) is 0.766. The number of benzene rings is 1. The zero-order valence-electron chi connectivity index (χ0n) is 15.9. The molecular formula is C18H20F3N7. The Morgan fingerprint density at radius 3 is 2.25 bits per heavy atom. The molecule has 0 amide bonds. The topological polar surface area (TPSA) is 63.0 Å². The monoisotopic (exact) mass is 391 g/mol. The molecule has 0 fully saturated rings. The molecule has 3 rings (SSSR count). The van der Waals surface area contributed by atoms with Crippen LogP contribution in [0.3, 0.4) is 0 Å². The average molecular weight is 391 g/mol. The van der Waals surface area contributed by atoms with Gasteiger partial charge in [0.15, 0.2) is 5.69 Å². The second kappa shape index (κ2) is 7.45. The Labute approximate surface area is 160 Å². The number of anilines is 2. The smallest absolute Gasteiger partial charge is 0.363 e. The van der Waals surface area contributed by atoms with Gasteiger partial charge in [-0.05, 0) is 24.6 Å². The van der Waals surface area contributed by atoms with E-state index in [1.54, 1.807) is 37.1 Å². The molecule has 0 aliphatic heterocycles. The fourth-order valence-corrected chi connectivity index (χ4v) is 2.60. The molecule has 10 heteroatoms. The van der Waals surface area contributed by atoms with Crippen molar-refractivity contribution in [3.8, 4) is 5.69 Å². The summed E-state index contributed by atoms with van der Waals surface area (Å²) in [4.78, 5) is 15.0. The van der Waals surface area contributed by atoms with Crippen molar-refractivity contribution in [1.82, 2.24) is 24.7 Å². The summed E-state index contributed by atoms with van der Waals surface area (Å²) in [5, 5.41) is 4.07. The molecule has 0 saturated heterocycles. The van der Waals surface area contributed by atoms with E-state index in [4.69, 9.17) is 0 Å². The van der Waals surface area contributed by atoms with Crippen molar-refractivity contribution in [3.63, 3.8) is 0 Å². The van der Waals surface area contributed by atoms with Gasteiger partial charge >= 0.3 is 6.18 Å². The number of hydrogen-bond acceptors (Lipinski definition) is 6. The molecule has 0 spiro atoms. The van der Waals surface area contributed by atoms with Crippen molar-refractivity contribution in [2.75, 3.05) is 30.9 Å². The summed E-state index contributed by atoms with van der Waals surface area (Å²) in [6.07, 6.45) is -1.52. The third kappa shape index (κ3) is 4.05. The Hall–Kier alpha value is -3.17. The van der Waals surface area contributed by atoms with Crippen LogP contribution < -0.4 is 9.80 Å². The first-order valence-electron chi connectivity index (χ1n) is 8.48. The average Bonchev–Trinajstić information content (AvgIpc) is 3.20. The van der Waals surface area contributed by atoms with Gasteiger partial charge in [-0.2, -0.15) is 23.3 Å². The lowest BCUT2D eigenvalue weighted by atomic mass is 10.1. The Morgan fingerprint density at radius 2 is 1.71 bits per heavy atom. The van der Waals surface area contributed by atoms with Crippen molar-refractivity contribution in [2.24, 2.45) is 0 Å². The molecule has 1 atom stereocenters. The molecule has 0 radical (unpaired) electrons. The summed E-state index contributed by atoms with van der Waals surface area (Å²) in [6.45, 7) is 1.88. The van der Waals surface area contributed by atoms with Crippen molar-refractivity contribution >= 4 is 11.8 Å². The van der Waals surface area contributed by atoms with E-state index in [2.05, 4.69) is 20.1 Å². The van der Waals surface area contributed by atoms with Crippen LogP contribution in [-0.4, -0.2) is 45.9 Å². The van der Waals surface area contributed by atoms with E-state index >= 15 is 0 Å². The van der Waals surface area contributed by atoms with Crippen LogP contribution in [0.5, 0.6) is 0 Å².